The number of nitrogens with zero attached hydrogens (tertiary/aromatic N) is 2. The first-order valence-corrected chi connectivity index (χ1v) is 6.06. The largest absolute Gasteiger partial charge is 0.439 e. The van der Waals surface area contributed by atoms with Crippen LogP contribution >= 0.6 is 0 Å². The minimum atomic E-state index is -0.483. The Hall–Kier alpha value is -1.88. The van der Waals surface area contributed by atoms with Gasteiger partial charge in [-0.05, 0) is 25.2 Å². The average molecular weight is 247 g/mol. The highest BCUT2D eigenvalue weighted by Gasteiger charge is 2.14. The van der Waals surface area contributed by atoms with E-state index in [2.05, 4.69) is 23.7 Å². The number of amides is 1. The van der Waals surface area contributed by atoms with Gasteiger partial charge in [-0.3, -0.25) is 9.69 Å². The van der Waals surface area contributed by atoms with Crippen LogP contribution in [-0.2, 0) is 6.54 Å². The lowest BCUT2D eigenvalue weighted by Crippen LogP contribution is -2.22. The Morgan fingerprint density at radius 3 is 2.72 bits per heavy atom. The maximum Gasteiger partial charge on any atom is 0.251 e. The molecule has 0 unspecified atom stereocenters. The molecule has 1 heterocycles. The van der Waals surface area contributed by atoms with E-state index in [-0.39, 0.29) is 0 Å². The summed E-state index contributed by atoms with van der Waals surface area (Å²) in [6.07, 6.45) is 0. The van der Waals surface area contributed by atoms with Gasteiger partial charge in [-0.1, -0.05) is 19.9 Å². The zero-order valence-corrected chi connectivity index (χ0v) is 10.6. The third-order valence-electron chi connectivity index (χ3n) is 2.98. The molecule has 0 spiro atoms. The molecule has 18 heavy (non-hydrogen) atoms. The normalized spacial score (nSPS) is 11.3. The fourth-order valence-electron chi connectivity index (χ4n) is 1.90. The number of carbonyl (C=O) groups excluding carboxylic acids is 1. The first-order valence-electron chi connectivity index (χ1n) is 6.06. The second kappa shape index (κ2) is 5.18. The Bertz CT molecular complexity index is 558. The first-order chi connectivity index (χ1) is 8.65. The van der Waals surface area contributed by atoms with Gasteiger partial charge in [0, 0.05) is 0 Å². The zero-order valence-electron chi connectivity index (χ0n) is 10.6. The summed E-state index contributed by atoms with van der Waals surface area (Å²) < 4.78 is 5.63. The lowest BCUT2D eigenvalue weighted by molar-refractivity contribution is 0.100. The number of benzene rings is 1. The summed E-state index contributed by atoms with van der Waals surface area (Å²) in [6.45, 7) is 6.66. The maximum atomic E-state index is 11.3. The number of oxazole rings is 1. The molecule has 2 aromatic rings. The lowest BCUT2D eigenvalue weighted by Gasteiger charge is -2.14. The van der Waals surface area contributed by atoms with E-state index in [0.29, 0.717) is 29.1 Å². The Balaban J connectivity index is 2.38. The van der Waals surface area contributed by atoms with Crippen molar-refractivity contribution in [3.8, 4) is 0 Å². The topological polar surface area (TPSA) is 72.4 Å². The molecule has 5 heteroatoms. The standard InChI is InChI=1S/C13H17N3O2/c1-3-16(4-2)8-11-15-12-9(13(14)17)6-5-7-10(12)18-11/h5-7H,3-4,8H2,1-2H3,(H2,14,17). The zero-order chi connectivity index (χ0) is 13.1. The van der Waals surface area contributed by atoms with Crippen LogP contribution in [-0.4, -0.2) is 28.9 Å². The van der Waals surface area contributed by atoms with Crippen molar-refractivity contribution in [1.29, 1.82) is 0 Å². The minimum Gasteiger partial charge on any atom is -0.439 e. The smallest absolute Gasteiger partial charge is 0.251 e. The number of aromatic nitrogens is 1. The van der Waals surface area contributed by atoms with Crippen molar-refractivity contribution >= 4 is 17.0 Å². The van der Waals surface area contributed by atoms with Gasteiger partial charge < -0.3 is 10.2 Å². The Morgan fingerprint density at radius 2 is 2.11 bits per heavy atom. The number of carbonyl (C=O) groups is 1. The molecule has 0 saturated heterocycles. The number of para-hydroxylation sites is 1. The van der Waals surface area contributed by atoms with Crippen LogP contribution in [0.1, 0.15) is 30.1 Å². The van der Waals surface area contributed by atoms with Crippen LogP contribution in [0, 0.1) is 0 Å². The van der Waals surface area contributed by atoms with E-state index >= 15 is 0 Å². The maximum absolute atomic E-state index is 11.3. The molecule has 0 radical (unpaired) electrons. The molecule has 1 amide bonds. The van der Waals surface area contributed by atoms with Gasteiger partial charge in [0.25, 0.3) is 5.91 Å². The number of nitrogens with two attached hydrogens (primary N) is 1. The first kappa shape index (κ1) is 12.6. The molecular formula is C13H17N3O2. The van der Waals surface area contributed by atoms with Crippen molar-refractivity contribution in [1.82, 2.24) is 9.88 Å². The SMILES string of the molecule is CCN(CC)Cc1nc2c(C(N)=O)cccc2o1. The van der Waals surface area contributed by atoms with Crippen molar-refractivity contribution < 1.29 is 9.21 Å². The predicted molar refractivity (Wildman–Crippen MR) is 69.2 cm³/mol. The van der Waals surface area contributed by atoms with Crippen LogP contribution < -0.4 is 5.73 Å². The summed E-state index contributed by atoms with van der Waals surface area (Å²) in [5, 5.41) is 0. The average Bonchev–Trinajstić information content (AvgIpc) is 2.77. The number of hydrogen-bond donors (Lipinski definition) is 1. The summed E-state index contributed by atoms with van der Waals surface area (Å²) in [6, 6.07) is 5.20. The Morgan fingerprint density at radius 1 is 1.39 bits per heavy atom. The summed E-state index contributed by atoms with van der Waals surface area (Å²) in [5.74, 6) is 0.130. The molecule has 0 aliphatic carbocycles. The summed E-state index contributed by atoms with van der Waals surface area (Å²) in [4.78, 5) is 17.8. The molecule has 0 atom stereocenters. The lowest BCUT2D eigenvalue weighted by atomic mass is 10.2. The molecular weight excluding hydrogens is 230 g/mol. The predicted octanol–water partition coefficient (Wildman–Crippen LogP) is 1.77. The molecule has 0 saturated carbocycles. The van der Waals surface area contributed by atoms with Crippen molar-refractivity contribution in [2.24, 2.45) is 5.73 Å². The molecule has 0 aliphatic rings. The van der Waals surface area contributed by atoms with E-state index in [4.69, 9.17) is 10.2 Å². The number of hydrogen-bond acceptors (Lipinski definition) is 4. The van der Waals surface area contributed by atoms with Crippen molar-refractivity contribution in [2.75, 3.05) is 13.1 Å². The second-order valence-corrected chi connectivity index (χ2v) is 4.09. The minimum absolute atomic E-state index is 0.405. The quantitative estimate of drug-likeness (QED) is 0.874. The van der Waals surface area contributed by atoms with E-state index in [1.165, 1.54) is 0 Å². The number of rotatable bonds is 5. The van der Waals surface area contributed by atoms with Gasteiger partial charge in [-0.15, -0.1) is 0 Å². The van der Waals surface area contributed by atoms with Crippen molar-refractivity contribution in [3.05, 3.63) is 29.7 Å². The summed E-state index contributed by atoms with van der Waals surface area (Å²) in [5.41, 5.74) is 6.87. The summed E-state index contributed by atoms with van der Waals surface area (Å²) in [7, 11) is 0. The van der Waals surface area contributed by atoms with E-state index in [1.807, 2.05) is 0 Å². The van der Waals surface area contributed by atoms with Crippen molar-refractivity contribution in [2.45, 2.75) is 20.4 Å². The number of primary amides is 1. The van der Waals surface area contributed by atoms with Crippen LogP contribution in [0.25, 0.3) is 11.1 Å². The van der Waals surface area contributed by atoms with E-state index in [1.54, 1.807) is 18.2 Å². The third-order valence-corrected chi connectivity index (χ3v) is 2.98. The molecule has 0 bridgehead atoms. The fraction of sp³-hybridized carbons (Fsp3) is 0.385. The molecule has 1 aromatic heterocycles. The van der Waals surface area contributed by atoms with Crippen LogP contribution in [0.5, 0.6) is 0 Å². The van der Waals surface area contributed by atoms with Crippen molar-refractivity contribution in [3.63, 3.8) is 0 Å². The van der Waals surface area contributed by atoms with Gasteiger partial charge in [0.15, 0.2) is 5.58 Å². The molecule has 2 rings (SSSR count). The highest BCUT2D eigenvalue weighted by atomic mass is 16.3. The van der Waals surface area contributed by atoms with Gasteiger partial charge in [-0.25, -0.2) is 4.98 Å². The number of fused-ring (bicyclic) bond motifs is 1. The van der Waals surface area contributed by atoms with Gasteiger partial charge >= 0.3 is 0 Å². The van der Waals surface area contributed by atoms with Gasteiger partial charge in [0.1, 0.15) is 5.52 Å². The van der Waals surface area contributed by atoms with Gasteiger partial charge in [0.2, 0.25) is 5.89 Å². The van der Waals surface area contributed by atoms with E-state index in [0.717, 1.165) is 13.1 Å². The molecule has 96 valence electrons. The summed E-state index contributed by atoms with van der Waals surface area (Å²) >= 11 is 0. The molecule has 0 aliphatic heterocycles. The van der Waals surface area contributed by atoms with E-state index < -0.39 is 5.91 Å². The Labute approximate surface area is 106 Å². The molecule has 0 fully saturated rings. The van der Waals surface area contributed by atoms with Crippen LogP contribution in [0.3, 0.4) is 0 Å². The van der Waals surface area contributed by atoms with Crippen LogP contribution in [0.2, 0.25) is 0 Å². The third kappa shape index (κ3) is 2.36. The van der Waals surface area contributed by atoms with Gasteiger partial charge in [-0.2, -0.15) is 0 Å². The molecule has 2 N–H and O–H groups in total. The van der Waals surface area contributed by atoms with Crippen LogP contribution in [0.4, 0.5) is 0 Å². The van der Waals surface area contributed by atoms with E-state index in [9.17, 15) is 4.79 Å². The monoisotopic (exact) mass is 247 g/mol. The highest BCUT2D eigenvalue weighted by Crippen LogP contribution is 2.20. The fourth-order valence-corrected chi connectivity index (χ4v) is 1.90. The van der Waals surface area contributed by atoms with Gasteiger partial charge in [0.05, 0.1) is 12.1 Å². The highest BCUT2D eigenvalue weighted by molar-refractivity contribution is 6.03. The molecule has 1 aromatic carbocycles. The van der Waals surface area contributed by atoms with Crippen LogP contribution in [0.15, 0.2) is 22.6 Å². The Kier molecular flexibility index (Phi) is 3.62. The molecule has 5 nitrogen and oxygen atoms in total. The second-order valence-electron chi connectivity index (χ2n) is 4.09.